The van der Waals surface area contributed by atoms with Crippen LogP contribution in [0.5, 0.6) is 0 Å². The van der Waals surface area contributed by atoms with Gasteiger partial charge in [0, 0.05) is 12.6 Å². The highest BCUT2D eigenvalue weighted by molar-refractivity contribution is 5.74. The van der Waals surface area contributed by atoms with Crippen LogP contribution in [0.3, 0.4) is 0 Å². The summed E-state index contributed by atoms with van der Waals surface area (Å²) in [6.07, 6.45) is 0.909. The highest BCUT2D eigenvalue weighted by atomic mass is 16.6. The summed E-state index contributed by atoms with van der Waals surface area (Å²) >= 11 is 0. The number of carbonyl (C=O) groups is 2. The molecule has 5 nitrogen and oxygen atoms in total. The molecule has 5 heteroatoms. The number of carboxylic acids is 1. The quantitative estimate of drug-likeness (QED) is 0.766. The highest BCUT2D eigenvalue weighted by Crippen LogP contribution is 2.25. The standard InChI is InChI=1S/C12H21NO4/c1-8-9(10(14)15)6-5-7-13(8)11(16)17-12(2,3)4/h8-9H,5-7H2,1-4H3,(H,14,15)/t8-,9-/m0/s1. The van der Waals surface area contributed by atoms with Gasteiger partial charge < -0.3 is 14.7 Å². The largest absolute Gasteiger partial charge is 0.481 e. The Hall–Kier alpha value is -1.26. The number of carboxylic acid groups (broad SMARTS) is 1. The first kappa shape index (κ1) is 13.8. The molecule has 98 valence electrons. The summed E-state index contributed by atoms with van der Waals surface area (Å²) in [6, 6.07) is -0.309. The zero-order valence-corrected chi connectivity index (χ0v) is 10.9. The maximum absolute atomic E-state index is 11.9. The molecule has 1 saturated heterocycles. The van der Waals surface area contributed by atoms with Crippen molar-refractivity contribution >= 4 is 12.1 Å². The van der Waals surface area contributed by atoms with E-state index in [0.29, 0.717) is 19.4 Å². The minimum atomic E-state index is -0.842. The van der Waals surface area contributed by atoms with Crippen LogP contribution in [-0.2, 0) is 9.53 Å². The molecule has 1 aliphatic heterocycles. The van der Waals surface area contributed by atoms with Gasteiger partial charge in [0.05, 0.1) is 5.92 Å². The summed E-state index contributed by atoms with van der Waals surface area (Å²) in [4.78, 5) is 24.5. The Kier molecular flexibility index (Phi) is 4.01. The van der Waals surface area contributed by atoms with Gasteiger partial charge in [-0.25, -0.2) is 4.79 Å². The van der Waals surface area contributed by atoms with Crippen LogP contribution in [0.4, 0.5) is 4.79 Å². The van der Waals surface area contributed by atoms with Crippen molar-refractivity contribution in [1.29, 1.82) is 0 Å². The van der Waals surface area contributed by atoms with Gasteiger partial charge in [-0.2, -0.15) is 0 Å². The van der Waals surface area contributed by atoms with Crippen molar-refractivity contribution in [2.75, 3.05) is 6.54 Å². The zero-order chi connectivity index (χ0) is 13.2. The average Bonchev–Trinajstić information content (AvgIpc) is 2.14. The monoisotopic (exact) mass is 243 g/mol. The molecule has 17 heavy (non-hydrogen) atoms. The number of likely N-dealkylation sites (tertiary alicyclic amines) is 1. The second-order valence-electron chi connectivity index (χ2n) is 5.50. The fraction of sp³-hybridized carbons (Fsp3) is 0.833. The number of carbonyl (C=O) groups excluding carboxylic acids is 1. The first-order valence-electron chi connectivity index (χ1n) is 5.95. The zero-order valence-electron chi connectivity index (χ0n) is 10.9. The third-order valence-electron chi connectivity index (χ3n) is 2.93. The fourth-order valence-electron chi connectivity index (χ4n) is 2.05. The van der Waals surface area contributed by atoms with Gasteiger partial charge in [-0.3, -0.25) is 4.79 Å². The van der Waals surface area contributed by atoms with Crippen molar-refractivity contribution < 1.29 is 19.4 Å². The number of ether oxygens (including phenoxy) is 1. The molecule has 0 aromatic heterocycles. The summed E-state index contributed by atoms with van der Waals surface area (Å²) in [5.74, 6) is -1.33. The molecule has 1 aliphatic rings. The molecule has 1 fully saturated rings. The van der Waals surface area contributed by atoms with Crippen LogP contribution in [-0.4, -0.2) is 40.3 Å². The molecular weight excluding hydrogens is 222 g/mol. The van der Waals surface area contributed by atoms with Crippen molar-refractivity contribution in [2.45, 2.75) is 52.2 Å². The van der Waals surface area contributed by atoms with Gasteiger partial charge in [-0.05, 0) is 40.5 Å². The van der Waals surface area contributed by atoms with E-state index in [1.54, 1.807) is 27.7 Å². The number of aliphatic carboxylic acids is 1. The van der Waals surface area contributed by atoms with Gasteiger partial charge in [0.1, 0.15) is 5.60 Å². The van der Waals surface area contributed by atoms with E-state index in [2.05, 4.69) is 0 Å². The first-order valence-corrected chi connectivity index (χ1v) is 5.95. The number of rotatable bonds is 1. The molecule has 0 aromatic rings. The smallest absolute Gasteiger partial charge is 0.410 e. The van der Waals surface area contributed by atoms with Crippen molar-refractivity contribution in [3.8, 4) is 0 Å². The molecule has 0 bridgehead atoms. The second-order valence-corrected chi connectivity index (χ2v) is 5.50. The van der Waals surface area contributed by atoms with Crippen molar-refractivity contribution in [3.63, 3.8) is 0 Å². The molecule has 1 rings (SSSR count). The van der Waals surface area contributed by atoms with Crippen molar-refractivity contribution in [1.82, 2.24) is 4.90 Å². The lowest BCUT2D eigenvalue weighted by atomic mass is 9.91. The maximum atomic E-state index is 11.9. The van der Waals surface area contributed by atoms with E-state index >= 15 is 0 Å². The molecular formula is C12H21NO4. The number of piperidine rings is 1. The topological polar surface area (TPSA) is 66.8 Å². The Morgan fingerprint density at radius 3 is 2.41 bits per heavy atom. The molecule has 0 aliphatic carbocycles. The van der Waals surface area contributed by atoms with E-state index in [0.717, 1.165) is 0 Å². The molecule has 0 saturated carbocycles. The molecule has 1 heterocycles. The molecule has 2 atom stereocenters. The number of amides is 1. The van der Waals surface area contributed by atoms with E-state index in [-0.39, 0.29) is 6.04 Å². The van der Waals surface area contributed by atoms with E-state index < -0.39 is 23.6 Å². The molecule has 0 spiro atoms. The summed E-state index contributed by atoms with van der Waals surface area (Å²) in [5, 5.41) is 9.06. The maximum Gasteiger partial charge on any atom is 0.410 e. The van der Waals surface area contributed by atoms with Crippen molar-refractivity contribution in [3.05, 3.63) is 0 Å². The van der Waals surface area contributed by atoms with Crippen LogP contribution >= 0.6 is 0 Å². The third-order valence-corrected chi connectivity index (χ3v) is 2.93. The second kappa shape index (κ2) is 4.94. The molecule has 1 N–H and O–H groups in total. The molecule has 0 radical (unpaired) electrons. The summed E-state index contributed by atoms with van der Waals surface area (Å²) in [6.45, 7) is 7.73. The molecule has 0 unspecified atom stereocenters. The highest BCUT2D eigenvalue weighted by Gasteiger charge is 2.37. The van der Waals surface area contributed by atoms with Crippen LogP contribution in [0.1, 0.15) is 40.5 Å². The SMILES string of the molecule is C[C@H]1[C@@H](C(=O)O)CCCN1C(=O)OC(C)(C)C. The number of hydrogen-bond acceptors (Lipinski definition) is 3. The Balaban J connectivity index is 2.70. The van der Waals surface area contributed by atoms with Gasteiger partial charge in [-0.15, -0.1) is 0 Å². The van der Waals surface area contributed by atoms with Crippen LogP contribution in [0.15, 0.2) is 0 Å². The van der Waals surface area contributed by atoms with E-state index in [9.17, 15) is 9.59 Å². The Morgan fingerprint density at radius 2 is 1.94 bits per heavy atom. The fourth-order valence-corrected chi connectivity index (χ4v) is 2.05. The summed E-state index contributed by atoms with van der Waals surface area (Å²) < 4.78 is 5.27. The van der Waals surface area contributed by atoms with Crippen molar-refractivity contribution in [2.24, 2.45) is 5.92 Å². The van der Waals surface area contributed by atoms with Crippen LogP contribution in [0.2, 0.25) is 0 Å². The molecule has 1 amide bonds. The first-order chi connectivity index (χ1) is 7.72. The van der Waals surface area contributed by atoms with Crippen LogP contribution < -0.4 is 0 Å². The van der Waals surface area contributed by atoms with E-state index in [4.69, 9.17) is 9.84 Å². The van der Waals surface area contributed by atoms with Gasteiger partial charge in [-0.1, -0.05) is 0 Å². The van der Waals surface area contributed by atoms with Gasteiger partial charge in [0.2, 0.25) is 0 Å². The lowest BCUT2D eigenvalue weighted by Crippen LogP contribution is -2.50. The number of nitrogens with zero attached hydrogens (tertiary/aromatic N) is 1. The lowest BCUT2D eigenvalue weighted by Gasteiger charge is -2.38. The van der Waals surface area contributed by atoms with E-state index in [1.807, 2.05) is 0 Å². The minimum absolute atomic E-state index is 0.309. The minimum Gasteiger partial charge on any atom is -0.481 e. The van der Waals surface area contributed by atoms with E-state index in [1.165, 1.54) is 4.90 Å². The predicted octanol–water partition coefficient (Wildman–Crippen LogP) is 2.11. The van der Waals surface area contributed by atoms with Gasteiger partial charge >= 0.3 is 12.1 Å². The van der Waals surface area contributed by atoms with Crippen LogP contribution in [0.25, 0.3) is 0 Å². The van der Waals surface area contributed by atoms with Gasteiger partial charge in [0.15, 0.2) is 0 Å². The third kappa shape index (κ3) is 3.61. The molecule has 0 aromatic carbocycles. The van der Waals surface area contributed by atoms with Gasteiger partial charge in [0.25, 0.3) is 0 Å². The average molecular weight is 243 g/mol. The normalized spacial score (nSPS) is 25.5. The lowest BCUT2D eigenvalue weighted by molar-refractivity contribution is -0.145. The predicted molar refractivity (Wildman–Crippen MR) is 62.8 cm³/mol. The Bertz CT molecular complexity index is 308. The summed E-state index contributed by atoms with van der Waals surface area (Å²) in [5.41, 5.74) is -0.549. The van der Waals surface area contributed by atoms with Crippen LogP contribution in [0, 0.1) is 5.92 Å². The summed E-state index contributed by atoms with van der Waals surface area (Å²) in [7, 11) is 0. The Labute approximate surface area is 102 Å². The number of hydrogen-bond donors (Lipinski definition) is 1. The Morgan fingerprint density at radius 1 is 1.35 bits per heavy atom.